The van der Waals surface area contributed by atoms with Crippen molar-refractivity contribution >= 4 is 10.9 Å². The van der Waals surface area contributed by atoms with Crippen LogP contribution in [0.15, 0.2) is 30.5 Å². The van der Waals surface area contributed by atoms with Gasteiger partial charge in [0.05, 0.1) is 24.3 Å². The number of aliphatic hydroxyl groups excluding tert-OH is 1. The van der Waals surface area contributed by atoms with E-state index in [2.05, 4.69) is 9.88 Å². The van der Waals surface area contributed by atoms with Gasteiger partial charge in [0.25, 0.3) is 0 Å². The van der Waals surface area contributed by atoms with Crippen LogP contribution in [0, 0.1) is 11.8 Å². The minimum Gasteiger partial charge on any atom is -0.497 e. The summed E-state index contributed by atoms with van der Waals surface area (Å²) in [7, 11) is 1.65. The number of aromatic nitrogens is 1. The van der Waals surface area contributed by atoms with Gasteiger partial charge >= 0.3 is 0 Å². The topological polar surface area (TPSA) is 65.8 Å². The van der Waals surface area contributed by atoms with Gasteiger partial charge in [-0.2, -0.15) is 0 Å². The molecule has 5 heteroatoms. The van der Waals surface area contributed by atoms with Crippen LogP contribution in [-0.2, 0) is 0 Å². The molecule has 3 saturated heterocycles. The van der Waals surface area contributed by atoms with Crippen LogP contribution >= 0.6 is 0 Å². The van der Waals surface area contributed by atoms with Crippen LogP contribution in [0.5, 0.6) is 5.75 Å². The third-order valence-electron chi connectivity index (χ3n) is 6.37. The molecule has 2 bridgehead atoms. The van der Waals surface area contributed by atoms with Gasteiger partial charge in [0.1, 0.15) is 5.75 Å². The first kappa shape index (κ1) is 17.7. The van der Waals surface area contributed by atoms with Gasteiger partial charge in [-0.05, 0) is 69.0 Å². The fourth-order valence-electron chi connectivity index (χ4n) is 4.94. The molecule has 3 aliphatic rings. The number of nitrogens with zero attached hydrogens (tertiary/aromatic N) is 2. The van der Waals surface area contributed by atoms with Crippen molar-refractivity contribution < 1.29 is 14.9 Å². The molecule has 1 aromatic carbocycles. The Morgan fingerprint density at radius 3 is 2.77 bits per heavy atom. The van der Waals surface area contributed by atoms with E-state index in [-0.39, 0.29) is 12.0 Å². The van der Waals surface area contributed by atoms with Crippen LogP contribution in [0.2, 0.25) is 0 Å². The fraction of sp³-hybridized carbons (Fsp3) is 0.571. The van der Waals surface area contributed by atoms with E-state index in [4.69, 9.17) is 4.74 Å². The molecule has 2 N–H and O–H groups in total. The maximum Gasteiger partial charge on any atom is 0.119 e. The molecule has 0 saturated carbocycles. The maximum atomic E-state index is 11.2. The van der Waals surface area contributed by atoms with Gasteiger partial charge in [-0.3, -0.25) is 9.88 Å². The minimum absolute atomic E-state index is 0.0872. The second-order valence-corrected chi connectivity index (χ2v) is 8.33. The second kappa shape index (κ2) is 6.48. The average molecular weight is 356 g/mol. The number of hydrogen-bond acceptors (Lipinski definition) is 5. The van der Waals surface area contributed by atoms with Gasteiger partial charge in [0.15, 0.2) is 0 Å². The lowest BCUT2D eigenvalue weighted by molar-refractivity contribution is -0.117. The first-order chi connectivity index (χ1) is 12.4. The molecule has 140 valence electrons. The van der Waals surface area contributed by atoms with Crippen LogP contribution in [0.1, 0.15) is 38.4 Å². The molecule has 0 amide bonds. The van der Waals surface area contributed by atoms with Gasteiger partial charge in [0.2, 0.25) is 0 Å². The molecular weight excluding hydrogens is 328 g/mol. The molecular formula is C21H28N2O3. The smallest absolute Gasteiger partial charge is 0.119 e. The Morgan fingerprint density at radius 2 is 2.12 bits per heavy atom. The van der Waals surface area contributed by atoms with Gasteiger partial charge in [0, 0.05) is 30.1 Å². The number of fused-ring (bicyclic) bond motifs is 4. The lowest BCUT2D eigenvalue weighted by Gasteiger charge is -2.54. The Morgan fingerprint density at radius 1 is 1.31 bits per heavy atom. The Bertz CT molecular complexity index is 801. The SMILES string of the molecule is COc1ccc2nccc([C@@H](O)[C@@H]3C[C@@H]4CCN3C[C@@H]4C(C)(C)O)c2c1. The molecule has 3 fully saturated rings. The summed E-state index contributed by atoms with van der Waals surface area (Å²) in [5, 5.41) is 22.7. The summed E-state index contributed by atoms with van der Waals surface area (Å²) in [5.41, 5.74) is 1.11. The van der Waals surface area contributed by atoms with Crippen LogP contribution in [0.3, 0.4) is 0 Å². The van der Waals surface area contributed by atoms with Gasteiger partial charge in [-0.25, -0.2) is 0 Å². The lowest BCUT2D eigenvalue weighted by Crippen LogP contribution is -2.59. The highest BCUT2D eigenvalue weighted by Gasteiger charge is 2.47. The quantitative estimate of drug-likeness (QED) is 0.882. The zero-order valence-corrected chi connectivity index (χ0v) is 15.7. The summed E-state index contributed by atoms with van der Waals surface area (Å²) in [6.07, 6.45) is 3.22. The number of aliphatic hydroxyl groups is 2. The molecule has 3 aliphatic heterocycles. The monoisotopic (exact) mass is 356 g/mol. The van der Waals surface area contributed by atoms with E-state index >= 15 is 0 Å². The third kappa shape index (κ3) is 2.98. The summed E-state index contributed by atoms with van der Waals surface area (Å²) in [4.78, 5) is 6.78. The van der Waals surface area contributed by atoms with Gasteiger partial charge in [-0.15, -0.1) is 0 Å². The number of pyridine rings is 1. The minimum atomic E-state index is -0.671. The van der Waals surface area contributed by atoms with Crippen molar-refractivity contribution in [2.75, 3.05) is 20.2 Å². The van der Waals surface area contributed by atoms with E-state index in [1.165, 1.54) is 0 Å². The molecule has 5 nitrogen and oxygen atoms in total. The molecule has 1 aromatic heterocycles. The number of rotatable bonds is 4. The fourth-order valence-corrected chi connectivity index (χ4v) is 4.94. The molecule has 26 heavy (non-hydrogen) atoms. The number of hydrogen-bond donors (Lipinski definition) is 2. The van der Waals surface area contributed by atoms with Crippen molar-refractivity contribution in [2.24, 2.45) is 11.8 Å². The van der Waals surface area contributed by atoms with Crippen LogP contribution in [-0.4, -0.2) is 51.9 Å². The summed E-state index contributed by atoms with van der Waals surface area (Å²) >= 11 is 0. The zero-order valence-electron chi connectivity index (χ0n) is 15.7. The number of methoxy groups -OCH3 is 1. The largest absolute Gasteiger partial charge is 0.497 e. The molecule has 5 rings (SSSR count). The molecule has 2 aromatic rings. The lowest BCUT2D eigenvalue weighted by atomic mass is 9.68. The average Bonchev–Trinajstić information content (AvgIpc) is 2.66. The molecule has 1 unspecified atom stereocenters. The van der Waals surface area contributed by atoms with E-state index in [1.807, 2.05) is 38.1 Å². The summed E-state index contributed by atoms with van der Waals surface area (Å²) in [6.45, 7) is 5.66. The summed E-state index contributed by atoms with van der Waals surface area (Å²) in [6, 6.07) is 7.79. The first-order valence-electron chi connectivity index (χ1n) is 9.45. The molecule has 0 radical (unpaired) electrons. The van der Waals surface area contributed by atoms with Crippen molar-refractivity contribution in [3.63, 3.8) is 0 Å². The van der Waals surface area contributed by atoms with E-state index in [9.17, 15) is 10.2 Å². The highest BCUT2D eigenvalue weighted by Crippen LogP contribution is 2.45. The standard InChI is InChI=1S/C21H28N2O3/c1-21(2,25)17-12-23-9-7-13(17)10-19(23)20(24)15-6-8-22-18-5-4-14(26-3)11-16(15)18/h4-6,8,11,13,17,19-20,24-25H,7,9-10,12H2,1-3H3/t13-,17-,19-,20+/m0/s1. The van der Waals surface area contributed by atoms with Crippen LogP contribution in [0.25, 0.3) is 10.9 Å². The Balaban J connectivity index is 1.65. The third-order valence-corrected chi connectivity index (χ3v) is 6.37. The predicted molar refractivity (Wildman–Crippen MR) is 101 cm³/mol. The van der Waals surface area contributed by atoms with E-state index in [1.54, 1.807) is 13.3 Å². The Labute approximate surface area is 154 Å². The van der Waals surface area contributed by atoms with Crippen LogP contribution in [0.4, 0.5) is 0 Å². The van der Waals surface area contributed by atoms with Crippen molar-refractivity contribution in [3.8, 4) is 5.75 Å². The van der Waals surface area contributed by atoms with E-state index in [0.29, 0.717) is 5.92 Å². The Kier molecular flexibility index (Phi) is 4.41. The van der Waals surface area contributed by atoms with Crippen LogP contribution < -0.4 is 4.74 Å². The maximum absolute atomic E-state index is 11.2. The second-order valence-electron chi connectivity index (χ2n) is 8.33. The highest BCUT2D eigenvalue weighted by atomic mass is 16.5. The number of piperidine rings is 3. The molecule has 0 aliphatic carbocycles. The van der Waals surface area contributed by atoms with Crippen molar-refractivity contribution in [2.45, 2.75) is 44.4 Å². The number of benzene rings is 1. The highest BCUT2D eigenvalue weighted by molar-refractivity contribution is 5.83. The Hall–Kier alpha value is -1.69. The number of ether oxygens (including phenoxy) is 1. The summed E-state index contributed by atoms with van der Waals surface area (Å²) in [5.74, 6) is 1.50. The van der Waals surface area contributed by atoms with Crippen molar-refractivity contribution in [1.29, 1.82) is 0 Å². The van der Waals surface area contributed by atoms with E-state index < -0.39 is 11.7 Å². The van der Waals surface area contributed by atoms with Crippen molar-refractivity contribution in [3.05, 3.63) is 36.0 Å². The van der Waals surface area contributed by atoms with Gasteiger partial charge in [-0.1, -0.05) is 0 Å². The van der Waals surface area contributed by atoms with Crippen molar-refractivity contribution in [1.82, 2.24) is 9.88 Å². The summed E-state index contributed by atoms with van der Waals surface area (Å²) < 4.78 is 5.36. The van der Waals surface area contributed by atoms with Gasteiger partial charge < -0.3 is 14.9 Å². The molecule has 0 spiro atoms. The molecule has 4 heterocycles. The predicted octanol–water partition coefficient (Wildman–Crippen LogP) is 2.76. The normalized spacial score (nSPS) is 29.7. The zero-order chi connectivity index (χ0) is 18.5. The molecule has 5 atom stereocenters. The first-order valence-corrected chi connectivity index (χ1v) is 9.45. The van der Waals surface area contributed by atoms with E-state index in [0.717, 1.165) is 48.1 Å².